The normalized spacial score (nSPS) is 10.4. The van der Waals surface area contributed by atoms with E-state index in [1.807, 2.05) is 30.3 Å². The van der Waals surface area contributed by atoms with Gasteiger partial charge in [0.15, 0.2) is 0 Å². The Bertz CT molecular complexity index is 523. The summed E-state index contributed by atoms with van der Waals surface area (Å²) in [4.78, 5) is 0. The van der Waals surface area contributed by atoms with Crippen molar-refractivity contribution in [1.29, 1.82) is 0 Å². The van der Waals surface area contributed by atoms with E-state index in [1.54, 1.807) is 7.11 Å². The molecule has 0 spiro atoms. The molecule has 1 nitrogen and oxygen atoms in total. The van der Waals surface area contributed by atoms with Gasteiger partial charge >= 0.3 is 0 Å². The lowest BCUT2D eigenvalue weighted by atomic mass is 10.0. The second-order valence-corrected chi connectivity index (χ2v) is 5.25. The predicted molar refractivity (Wildman–Crippen MR) is 80.9 cm³/mol. The molecule has 0 aliphatic heterocycles. The molecule has 0 heterocycles. The van der Waals surface area contributed by atoms with Gasteiger partial charge in [-0.1, -0.05) is 45.7 Å². The number of ether oxygens (including phenoxy) is 1. The maximum atomic E-state index is 5.91. The largest absolute Gasteiger partial charge is 0.497 e. The number of methoxy groups -OCH3 is 1. The second kappa shape index (κ2) is 6.26. The third-order valence-corrected chi connectivity index (χ3v) is 3.41. The maximum absolute atomic E-state index is 5.91. The zero-order valence-corrected chi connectivity index (χ0v) is 12.5. The lowest BCUT2D eigenvalue weighted by Gasteiger charge is -2.09. The van der Waals surface area contributed by atoms with Crippen LogP contribution in [0.25, 0.3) is 11.1 Å². The number of benzene rings is 2. The quantitative estimate of drug-likeness (QED) is 0.722. The number of rotatable bonds is 4. The first kappa shape index (κ1) is 13.4. The molecule has 0 amide bonds. The summed E-state index contributed by atoms with van der Waals surface area (Å²) in [5.41, 5.74) is 3.56. The van der Waals surface area contributed by atoms with Crippen LogP contribution in [0.1, 0.15) is 5.56 Å². The number of hydrogen-bond acceptors (Lipinski definition) is 1. The zero-order valence-electron chi connectivity index (χ0n) is 10.1. The molecule has 94 valence electrons. The third kappa shape index (κ3) is 3.27. The average molecular weight is 326 g/mol. The molecule has 0 fully saturated rings. The van der Waals surface area contributed by atoms with Crippen LogP contribution in [0.15, 0.2) is 42.5 Å². The first-order valence-corrected chi connectivity index (χ1v) is 7.23. The van der Waals surface area contributed by atoms with Crippen LogP contribution in [-0.2, 0) is 6.42 Å². The van der Waals surface area contributed by atoms with Crippen molar-refractivity contribution in [3.8, 4) is 16.9 Å². The standard InChI is InChI=1S/C15H14BrClO/c1-18-15-9-11(6-7-16)8-13(10-15)12-2-4-14(17)5-3-12/h2-5,8-10H,6-7H2,1H3. The van der Waals surface area contributed by atoms with Gasteiger partial charge in [-0.2, -0.15) is 0 Å². The van der Waals surface area contributed by atoms with Gasteiger partial charge < -0.3 is 4.74 Å². The fraction of sp³-hybridized carbons (Fsp3) is 0.200. The Hall–Kier alpha value is -0.990. The molecule has 18 heavy (non-hydrogen) atoms. The average Bonchev–Trinajstić information content (AvgIpc) is 2.39. The molecule has 3 heteroatoms. The molecule has 0 saturated carbocycles. The minimum atomic E-state index is 0.752. The number of hydrogen-bond donors (Lipinski definition) is 0. The first-order valence-electron chi connectivity index (χ1n) is 5.73. The fourth-order valence-electron chi connectivity index (χ4n) is 1.84. The van der Waals surface area contributed by atoms with E-state index in [2.05, 4.69) is 28.1 Å². The highest BCUT2D eigenvalue weighted by Gasteiger charge is 2.04. The molecule has 0 aliphatic rings. The molecular formula is C15H14BrClO. The SMILES string of the molecule is COc1cc(CCBr)cc(-c2ccc(Cl)cc2)c1. The number of alkyl halides is 1. The molecule has 0 radical (unpaired) electrons. The molecule has 0 unspecified atom stereocenters. The van der Waals surface area contributed by atoms with Crippen molar-refractivity contribution in [1.82, 2.24) is 0 Å². The number of aryl methyl sites for hydroxylation is 1. The van der Waals surface area contributed by atoms with Gasteiger partial charge in [0.05, 0.1) is 7.11 Å². The molecule has 2 aromatic rings. The third-order valence-electron chi connectivity index (χ3n) is 2.76. The Kier molecular flexibility index (Phi) is 4.67. The van der Waals surface area contributed by atoms with Gasteiger partial charge in [-0.15, -0.1) is 0 Å². The van der Waals surface area contributed by atoms with Crippen molar-refractivity contribution >= 4 is 27.5 Å². The van der Waals surface area contributed by atoms with E-state index in [9.17, 15) is 0 Å². The van der Waals surface area contributed by atoms with Crippen molar-refractivity contribution in [2.24, 2.45) is 0 Å². The van der Waals surface area contributed by atoms with Crippen LogP contribution < -0.4 is 4.74 Å². The highest BCUT2D eigenvalue weighted by molar-refractivity contribution is 9.09. The Labute approximate surface area is 121 Å². The molecule has 0 atom stereocenters. The lowest BCUT2D eigenvalue weighted by Crippen LogP contribution is -1.91. The van der Waals surface area contributed by atoms with Crippen molar-refractivity contribution in [2.45, 2.75) is 6.42 Å². The Morgan fingerprint density at radius 3 is 2.39 bits per heavy atom. The molecule has 0 N–H and O–H groups in total. The summed E-state index contributed by atoms with van der Waals surface area (Å²) in [6.07, 6.45) is 0.984. The van der Waals surface area contributed by atoms with Gasteiger partial charge in [0.2, 0.25) is 0 Å². The van der Waals surface area contributed by atoms with Crippen LogP contribution in [0.2, 0.25) is 5.02 Å². The highest BCUT2D eigenvalue weighted by atomic mass is 79.9. The van der Waals surface area contributed by atoms with Crippen molar-refractivity contribution < 1.29 is 4.74 Å². The van der Waals surface area contributed by atoms with E-state index in [1.165, 1.54) is 5.56 Å². The van der Waals surface area contributed by atoms with E-state index in [0.717, 1.165) is 33.6 Å². The van der Waals surface area contributed by atoms with Gasteiger partial charge in [-0.25, -0.2) is 0 Å². The van der Waals surface area contributed by atoms with Gasteiger partial charge in [-0.3, -0.25) is 0 Å². The summed E-state index contributed by atoms with van der Waals surface area (Å²) >= 11 is 9.37. The maximum Gasteiger partial charge on any atom is 0.119 e. The van der Waals surface area contributed by atoms with Gasteiger partial charge in [0.1, 0.15) is 5.75 Å². The molecule has 0 aliphatic carbocycles. The van der Waals surface area contributed by atoms with E-state index in [0.29, 0.717) is 0 Å². The minimum Gasteiger partial charge on any atom is -0.497 e. The molecule has 2 aromatic carbocycles. The van der Waals surface area contributed by atoms with Gasteiger partial charge in [-0.05, 0) is 47.4 Å². The highest BCUT2D eigenvalue weighted by Crippen LogP contribution is 2.27. The summed E-state index contributed by atoms with van der Waals surface area (Å²) < 4.78 is 5.35. The lowest BCUT2D eigenvalue weighted by molar-refractivity contribution is 0.414. The molecule has 0 aromatic heterocycles. The van der Waals surface area contributed by atoms with Crippen molar-refractivity contribution in [3.05, 3.63) is 53.1 Å². The molecule has 0 saturated heterocycles. The summed E-state index contributed by atoms with van der Waals surface area (Å²) in [5, 5.41) is 1.70. The van der Waals surface area contributed by atoms with Crippen LogP contribution >= 0.6 is 27.5 Å². The summed E-state index contributed by atoms with van der Waals surface area (Å²) in [5.74, 6) is 0.887. The van der Waals surface area contributed by atoms with Crippen molar-refractivity contribution in [3.63, 3.8) is 0 Å². The van der Waals surface area contributed by atoms with E-state index in [-0.39, 0.29) is 0 Å². The Morgan fingerprint density at radius 2 is 1.78 bits per heavy atom. The minimum absolute atomic E-state index is 0.752. The van der Waals surface area contributed by atoms with E-state index in [4.69, 9.17) is 16.3 Å². The fourth-order valence-corrected chi connectivity index (χ4v) is 2.42. The summed E-state index contributed by atoms with van der Waals surface area (Å²) in [6, 6.07) is 14.2. The smallest absolute Gasteiger partial charge is 0.119 e. The molecule has 0 bridgehead atoms. The molecule has 2 rings (SSSR count). The van der Waals surface area contributed by atoms with Crippen molar-refractivity contribution in [2.75, 3.05) is 12.4 Å². The second-order valence-electron chi connectivity index (χ2n) is 4.02. The van der Waals surface area contributed by atoms with Crippen LogP contribution in [0.3, 0.4) is 0 Å². The Balaban J connectivity index is 2.42. The topological polar surface area (TPSA) is 9.23 Å². The summed E-state index contributed by atoms with van der Waals surface area (Å²) in [6.45, 7) is 0. The van der Waals surface area contributed by atoms with Crippen LogP contribution in [-0.4, -0.2) is 12.4 Å². The van der Waals surface area contributed by atoms with Crippen LogP contribution in [0, 0.1) is 0 Å². The molecular weight excluding hydrogens is 312 g/mol. The van der Waals surface area contributed by atoms with Crippen LogP contribution in [0.4, 0.5) is 0 Å². The first-order chi connectivity index (χ1) is 8.72. The van der Waals surface area contributed by atoms with Gasteiger partial charge in [0, 0.05) is 10.4 Å². The van der Waals surface area contributed by atoms with Gasteiger partial charge in [0.25, 0.3) is 0 Å². The Morgan fingerprint density at radius 1 is 1.06 bits per heavy atom. The van der Waals surface area contributed by atoms with E-state index >= 15 is 0 Å². The van der Waals surface area contributed by atoms with E-state index < -0.39 is 0 Å². The monoisotopic (exact) mass is 324 g/mol. The van der Waals surface area contributed by atoms with Crippen LogP contribution in [0.5, 0.6) is 5.75 Å². The predicted octanol–water partition coefficient (Wildman–Crippen LogP) is 4.95. The zero-order chi connectivity index (χ0) is 13.0. The summed E-state index contributed by atoms with van der Waals surface area (Å²) in [7, 11) is 1.69. The number of halogens is 2.